The van der Waals surface area contributed by atoms with Gasteiger partial charge in [0.15, 0.2) is 0 Å². The molecule has 0 fully saturated rings. The maximum absolute atomic E-state index is 6.20. The number of nitrogens with two attached hydrogens (primary N) is 1. The summed E-state index contributed by atoms with van der Waals surface area (Å²) < 4.78 is 7.96. The predicted molar refractivity (Wildman–Crippen MR) is 83.1 cm³/mol. The number of nitrogens with zero attached hydrogens (tertiary/aromatic N) is 2. The van der Waals surface area contributed by atoms with E-state index in [1.165, 1.54) is 0 Å². The van der Waals surface area contributed by atoms with Crippen LogP contribution in [0.2, 0.25) is 0 Å². The molecule has 0 amide bonds. The lowest BCUT2D eigenvalue weighted by Gasteiger charge is -2.16. The maximum atomic E-state index is 6.20. The summed E-state index contributed by atoms with van der Waals surface area (Å²) in [5.41, 5.74) is 8.28. The fourth-order valence-corrected chi connectivity index (χ4v) is 2.43. The first-order valence-electron chi connectivity index (χ1n) is 7.38. The van der Waals surface area contributed by atoms with Crippen molar-refractivity contribution in [3.05, 3.63) is 24.0 Å². The Morgan fingerprint density at radius 3 is 2.50 bits per heavy atom. The molecule has 1 heterocycles. The summed E-state index contributed by atoms with van der Waals surface area (Å²) in [5, 5.41) is 0. The third-order valence-electron chi connectivity index (χ3n) is 3.35. The zero-order valence-corrected chi connectivity index (χ0v) is 13.1. The fourth-order valence-electron chi connectivity index (χ4n) is 2.43. The number of rotatable bonds is 5. The normalized spacial score (nSPS) is 13.4. The average Bonchev–Trinajstić information content (AvgIpc) is 2.75. The lowest BCUT2D eigenvalue weighted by Crippen LogP contribution is -2.17. The standard InChI is InChI=1S/C16H25N3O/c1-6-13(17)16-18-14-9-12(20-11(4)5)7-8-15(14)19(16)10(2)3/h7-11,13H,6,17H2,1-5H3. The molecule has 1 unspecified atom stereocenters. The second-order valence-electron chi connectivity index (χ2n) is 5.77. The molecular weight excluding hydrogens is 250 g/mol. The zero-order valence-electron chi connectivity index (χ0n) is 13.1. The van der Waals surface area contributed by atoms with Gasteiger partial charge in [-0.05, 0) is 46.2 Å². The Bertz CT molecular complexity index is 587. The summed E-state index contributed by atoms with van der Waals surface area (Å²) in [6.07, 6.45) is 1.04. The molecule has 0 aliphatic carbocycles. The Morgan fingerprint density at radius 2 is 1.95 bits per heavy atom. The van der Waals surface area contributed by atoms with Crippen LogP contribution < -0.4 is 10.5 Å². The van der Waals surface area contributed by atoms with E-state index in [4.69, 9.17) is 15.5 Å². The van der Waals surface area contributed by atoms with Crippen molar-refractivity contribution in [3.8, 4) is 5.75 Å². The molecule has 1 atom stereocenters. The minimum Gasteiger partial charge on any atom is -0.491 e. The van der Waals surface area contributed by atoms with Crippen molar-refractivity contribution < 1.29 is 4.74 Å². The van der Waals surface area contributed by atoms with Gasteiger partial charge in [-0.3, -0.25) is 0 Å². The Kier molecular flexibility index (Phi) is 4.33. The Morgan fingerprint density at radius 1 is 1.25 bits per heavy atom. The van der Waals surface area contributed by atoms with E-state index in [1.807, 2.05) is 26.0 Å². The SMILES string of the molecule is CCC(N)c1nc2cc(OC(C)C)ccc2n1C(C)C. The summed E-state index contributed by atoms with van der Waals surface area (Å²) in [6.45, 7) is 10.4. The van der Waals surface area contributed by atoms with Crippen LogP contribution in [0.25, 0.3) is 11.0 Å². The van der Waals surface area contributed by atoms with Crippen molar-refractivity contribution in [2.45, 2.75) is 59.2 Å². The minimum atomic E-state index is -0.0285. The number of hydrogen-bond donors (Lipinski definition) is 1. The van der Waals surface area contributed by atoms with E-state index in [2.05, 4.69) is 31.4 Å². The first kappa shape index (κ1) is 14.9. The van der Waals surface area contributed by atoms with Gasteiger partial charge in [0, 0.05) is 12.1 Å². The predicted octanol–water partition coefficient (Wildman–Crippen LogP) is 3.81. The van der Waals surface area contributed by atoms with Crippen LogP contribution in [-0.2, 0) is 0 Å². The third-order valence-corrected chi connectivity index (χ3v) is 3.35. The molecule has 0 aliphatic heterocycles. The summed E-state index contributed by atoms with van der Waals surface area (Å²) in [4.78, 5) is 4.73. The summed E-state index contributed by atoms with van der Waals surface area (Å²) in [6, 6.07) is 6.39. The van der Waals surface area contributed by atoms with Gasteiger partial charge in [-0.1, -0.05) is 6.92 Å². The van der Waals surface area contributed by atoms with Crippen LogP contribution in [0, 0.1) is 0 Å². The molecule has 0 radical (unpaired) electrons. The fraction of sp³-hybridized carbons (Fsp3) is 0.562. The molecule has 2 N–H and O–H groups in total. The number of ether oxygens (including phenoxy) is 1. The van der Waals surface area contributed by atoms with Crippen molar-refractivity contribution in [1.29, 1.82) is 0 Å². The molecule has 0 saturated carbocycles. The lowest BCUT2D eigenvalue weighted by molar-refractivity contribution is 0.242. The van der Waals surface area contributed by atoms with Gasteiger partial charge in [0.1, 0.15) is 11.6 Å². The van der Waals surface area contributed by atoms with Crippen LogP contribution in [-0.4, -0.2) is 15.7 Å². The van der Waals surface area contributed by atoms with E-state index in [0.29, 0.717) is 6.04 Å². The smallest absolute Gasteiger partial charge is 0.127 e. The molecule has 2 rings (SSSR count). The van der Waals surface area contributed by atoms with E-state index in [-0.39, 0.29) is 12.1 Å². The minimum absolute atomic E-state index is 0.0285. The van der Waals surface area contributed by atoms with Gasteiger partial charge in [0.2, 0.25) is 0 Å². The van der Waals surface area contributed by atoms with Crippen LogP contribution in [0.1, 0.15) is 58.9 Å². The molecule has 110 valence electrons. The summed E-state index contributed by atoms with van der Waals surface area (Å²) >= 11 is 0. The third kappa shape index (κ3) is 2.80. The van der Waals surface area contributed by atoms with E-state index in [9.17, 15) is 0 Å². The van der Waals surface area contributed by atoms with Gasteiger partial charge in [-0.25, -0.2) is 4.98 Å². The Hall–Kier alpha value is -1.55. The molecule has 4 nitrogen and oxygen atoms in total. The quantitative estimate of drug-likeness (QED) is 0.902. The topological polar surface area (TPSA) is 53.1 Å². The van der Waals surface area contributed by atoms with Crippen molar-refractivity contribution in [2.24, 2.45) is 5.73 Å². The van der Waals surface area contributed by atoms with E-state index in [0.717, 1.165) is 29.0 Å². The highest BCUT2D eigenvalue weighted by Crippen LogP contribution is 2.28. The van der Waals surface area contributed by atoms with Crippen LogP contribution >= 0.6 is 0 Å². The van der Waals surface area contributed by atoms with Crippen molar-refractivity contribution >= 4 is 11.0 Å². The van der Waals surface area contributed by atoms with Crippen LogP contribution in [0.5, 0.6) is 5.75 Å². The Balaban J connectivity index is 2.55. The largest absolute Gasteiger partial charge is 0.491 e. The van der Waals surface area contributed by atoms with Gasteiger partial charge in [-0.15, -0.1) is 0 Å². The number of aromatic nitrogens is 2. The summed E-state index contributed by atoms with van der Waals surface area (Å²) in [7, 11) is 0. The molecule has 0 bridgehead atoms. The van der Waals surface area contributed by atoms with Crippen molar-refractivity contribution in [1.82, 2.24) is 9.55 Å². The maximum Gasteiger partial charge on any atom is 0.127 e. The monoisotopic (exact) mass is 275 g/mol. The first-order valence-corrected chi connectivity index (χ1v) is 7.38. The number of benzene rings is 1. The Labute approximate surface area is 120 Å². The zero-order chi connectivity index (χ0) is 14.9. The highest BCUT2D eigenvalue weighted by Gasteiger charge is 2.18. The molecule has 20 heavy (non-hydrogen) atoms. The molecule has 1 aromatic carbocycles. The molecule has 2 aromatic rings. The van der Waals surface area contributed by atoms with E-state index >= 15 is 0 Å². The van der Waals surface area contributed by atoms with Gasteiger partial charge >= 0.3 is 0 Å². The second kappa shape index (κ2) is 5.83. The summed E-state index contributed by atoms with van der Waals surface area (Å²) in [5.74, 6) is 1.82. The lowest BCUT2D eigenvalue weighted by atomic mass is 10.2. The molecule has 1 aromatic heterocycles. The van der Waals surface area contributed by atoms with Gasteiger partial charge in [-0.2, -0.15) is 0 Å². The molecule has 0 aliphatic rings. The molecule has 4 heteroatoms. The first-order chi connectivity index (χ1) is 9.43. The van der Waals surface area contributed by atoms with Gasteiger partial charge in [0.05, 0.1) is 23.2 Å². The number of imidazole rings is 1. The van der Waals surface area contributed by atoms with Crippen molar-refractivity contribution in [3.63, 3.8) is 0 Å². The highest BCUT2D eigenvalue weighted by atomic mass is 16.5. The van der Waals surface area contributed by atoms with E-state index in [1.54, 1.807) is 0 Å². The van der Waals surface area contributed by atoms with Crippen LogP contribution in [0.3, 0.4) is 0 Å². The van der Waals surface area contributed by atoms with Gasteiger partial charge < -0.3 is 15.0 Å². The second-order valence-corrected chi connectivity index (χ2v) is 5.77. The van der Waals surface area contributed by atoms with Crippen LogP contribution in [0.15, 0.2) is 18.2 Å². The van der Waals surface area contributed by atoms with Gasteiger partial charge in [0.25, 0.3) is 0 Å². The van der Waals surface area contributed by atoms with E-state index < -0.39 is 0 Å². The molecular formula is C16H25N3O. The molecule has 0 spiro atoms. The van der Waals surface area contributed by atoms with Crippen LogP contribution in [0.4, 0.5) is 0 Å². The van der Waals surface area contributed by atoms with Crippen molar-refractivity contribution in [2.75, 3.05) is 0 Å². The highest BCUT2D eigenvalue weighted by molar-refractivity contribution is 5.78. The molecule has 0 saturated heterocycles. The number of fused-ring (bicyclic) bond motifs is 1. The average molecular weight is 275 g/mol. The number of hydrogen-bond acceptors (Lipinski definition) is 3.